The minimum Gasteiger partial charge on any atom is -0.253 e. The lowest BCUT2D eigenvalue weighted by Gasteiger charge is -2.20. The quantitative estimate of drug-likeness (QED) is 0.321. The van der Waals surface area contributed by atoms with Crippen LogP contribution in [0.1, 0.15) is 31.2 Å². The zero-order valence-electron chi connectivity index (χ0n) is 17.2. The van der Waals surface area contributed by atoms with Crippen molar-refractivity contribution in [2.45, 2.75) is 30.6 Å². The predicted molar refractivity (Wildman–Crippen MR) is 132 cm³/mol. The first-order valence-electron chi connectivity index (χ1n) is 10.2. The molecule has 2 aromatic carbocycles. The Hall–Kier alpha value is -1.97. The SMILES string of the molecule is O=S(=O)(c1cccc(-c2csc(N/N=C/c3ccc(Cl)cc3Cl)n2)c1)N1CCCCCC1. The Morgan fingerprint density at radius 2 is 1.84 bits per heavy atom. The van der Waals surface area contributed by atoms with Gasteiger partial charge in [0, 0.05) is 34.6 Å². The monoisotopic (exact) mass is 508 g/mol. The van der Waals surface area contributed by atoms with Crippen molar-refractivity contribution in [1.82, 2.24) is 9.29 Å². The molecule has 1 N–H and O–H groups in total. The van der Waals surface area contributed by atoms with Gasteiger partial charge >= 0.3 is 0 Å². The van der Waals surface area contributed by atoms with E-state index in [-0.39, 0.29) is 0 Å². The number of benzene rings is 2. The van der Waals surface area contributed by atoms with Gasteiger partial charge in [0.1, 0.15) is 0 Å². The van der Waals surface area contributed by atoms with Gasteiger partial charge in [0.25, 0.3) is 0 Å². The van der Waals surface area contributed by atoms with Crippen LogP contribution in [0.2, 0.25) is 10.0 Å². The van der Waals surface area contributed by atoms with Gasteiger partial charge in [-0.05, 0) is 37.1 Å². The number of sulfonamides is 1. The lowest BCUT2D eigenvalue weighted by molar-refractivity contribution is 0.424. The Labute approximate surface area is 201 Å². The molecule has 0 spiro atoms. The third-order valence-corrected chi connectivity index (χ3v) is 8.37. The van der Waals surface area contributed by atoms with Gasteiger partial charge in [-0.2, -0.15) is 9.41 Å². The van der Waals surface area contributed by atoms with Crippen molar-refractivity contribution in [3.05, 3.63) is 63.5 Å². The number of halogens is 2. The highest BCUT2D eigenvalue weighted by Crippen LogP contribution is 2.28. The van der Waals surface area contributed by atoms with Crippen molar-refractivity contribution in [3.63, 3.8) is 0 Å². The summed E-state index contributed by atoms with van der Waals surface area (Å²) in [7, 11) is -3.51. The molecule has 6 nitrogen and oxygen atoms in total. The standard InChI is InChI=1S/C22H22Cl2N4O2S2/c23-18-9-8-17(20(24)13-18)14-25-27-22-26-21(15-31-22)16-6-5-7-19(12-16)32(29,30)28-10-3-1-2-4-11-28/h5-9,12-15H,1-4,10-11H2,(H,26,27)/b25-14+. The number of hydrogen-bond donors (Lipinski definition) is 1. The summed E-state index contributed by atoms with van der Waals surface area (Å²) in [6.45, 7) is 1.15. The maximum absolute atomic E-state index is 13.1. The summed E-state index contributed by atoms with van der Waals surface area (Å²) in [5.41, 5.74) is 5.05. The van der Waals surface area contributed by atoms with E-state index in [1.165, 1.54) is 11.3 Å². The maximum atomic E-state index is 13.1. The van der Waals surface area contributed by atoms with Gasteiger partial charge in [-0.1, -0.05) is 54.2 Å². The van der Waals surface area contributed by atoms with Crippen LogP contribution in [0.25, 0.3) is 11.3 Å². The van der Waals surface area contributed by atoms with Gasteiger partial charge < -0.3 is 0 Å². The molecule has 10 heteroatoms. The van der Waals surface area contributed by atoms with Gasteiger partial charge in [-0.3, -0.25) is 5.43 Å². The number of thiazole rings is 1. The van der Waals surface area contributed by atoms with Crippen LogP contribution in [0, 0.1) is 0 Å². The largest absolute Gasteiger partial charge is 0.253 e. The van der Waals surface area contributed by atoms with Crippen LogP contribution >= 0.6 is 34.5 Å². The van der Waals surface area contributed by atoms with Crippen molar-refractivity contribution in [2.24, 2.45) is 5.10 Å². The molecule has 0 radical (unpaired) electrons. The molecule has 0 amide bonds. The molecule has 4 rings (SSSR count). The molecule has 1 aromatic heterocycles. The van der Waals surface area contributed by atoms with E-state index < -0.39 is 10.0 Å². The first-order chi connectivity index (χ1) is 15.4. The van der Waals surface area contributed by atoms with Crippen molar-refractivity contribution >= 4 is 55.9 Å². The lowest BCUT2D eigenvalue weighted by Crippen LogP contribution is -2.31. The predicted octanol–water partition coefficient (Wildman–Crippen LogP) is 6.13. The molecule has 0 saturated carbocycles. The molecule has 32 heavy (non-hydrogen) atoms. The van der Waals surface area contributed by atoms with E-state index in [4.69, 9.17) is 23.2 Å². The van der Waals surface area contributed by atoms with Gasteiger partial charge in [0.05, 0.1) is 21.8 Å². The number of nitrogens with one attached hydrogen (secondary N) is 1. The zero-order chi connectivity index (χ0) is 22.6. The first kappa shape index (κ1) is 23.2. The van der Waals surface area contributed by atoms with Gasteiger partial charge in [-0.15, -0.1) is 11.3 Å². The number of hydrogen-bond acceptors (Lipinski definition) is 6. The molecule has 168 valence electrons. The second-order valence-electron chi connectivity index (χ2n) is 7.42. The van der Waals surface area contributed by atoms with E-state index in [1.807, 2.05) is 11.4 Å². The smallest absolute Gasteiger partial charge is 0.243 e. The van der Waals surface area contributed by atoms with Crippen LogP contribution in [0.15, 0.2) is 57.8 Å². The minimum absolute atomic E-state index is 0.301. The third kappa shape index (κ3) is 5.50. The average molecular weight is 509 g/mol. The zero-order valence-corrected chi connectivity index (χ0v) is 20.3. The van der Waals surface area contributed by atoms with Crippen LogP contribution in [0.3, 0.4) is 0 Å². The molecule has 0 atom stereocenters. The Morgan fingerprint density at radius 3 is 2.59 bits per heavy atom. The van der Waals surface area contributed by atoms with Crippen LogP contribution in [-0.4, -0.2) is 37.0 Å². The Bertz CT molecular complexity index is 1220. The highest BCUT2D eigenvalue weighted by atomic mass is 35.5. The Kier molecular flexibility index (Phi) is 7.48. The second kappa shape index (κ2) is 10.3. The lowest BCUT2D eigenvalue weighted by atomic mass is 10.2. The summed E-state index contributed by atoms with van der Waals surface area (Å²) in [6.07, 6.45) is 5.55. The van der Waals surface area contributed by atoms with Crippen molar-refractivity contribution in [1.29, 1.82) is 0 Å². The summed E-state index contributed by atoms with van der Waals surface area (Å²) in [5.74, 6) is 0. The summed E-state index contributed by atoms with van der Waals surface area (Å²) >= 11 is 13.4. The Balaban J connectivity index is 1.49. The van der Waals surface area contributed by atoms with Gasteiger partial charge in [-0.25, -0.2) is 13.4 Å². The molecule has 0 bridgehead atoms. The number of nitrogens with zero attached hydrogens (tertiary/aromatic N) is 3. The van der Waals surface area contributed by atoms with Crippen molar-refractivity contribution in [2.75, 3.05) is 18.5 Å². The molecular formula is C22H22Cl2N4O2S2. The highest BCUT2D eigenvalue weighted by molar-refractivity contribution is 7.89. The molecule has 0 unspecified atom stereocenters. The summed E-state index contributed by atoms with van der Waals surface area (Å²) in [4.78, 5) is 4.83. The van der Waals surface area contributed by atoms with E-state index >= 15 is 0 Å². The molecule has 0 aliphatic carbocycles. The fraction of sp³-hybridized carbons (Fsp3) is 0.273. The summed E-state index contributed by atoms with van der Waals surface area (Å²) in [5, 5.41) is 7.70. The molecule has 2 heterocycles. The van der Waals surface area contributed by atoms with E-state index in [0.29, 0.717) is 38.9 Å². The number of aromatic nitrogens is 1. The number of anilines is 1. The molecule has 1 aliphatic rings. The van der Waals surface area contributed by atoms with Gasteiger partial charge in [0.2, 0.25) is 15.2 Å². The van der Waals surface area contributed by atoms with E-state index in [9.17, 15) is 8.42 Å². The van der Waals surface area contributed by atoms with Gasteiger partial charge in [0.15, 0.2) is 0 Å². The number of hydrazone groups is 1. The minimum atomic E-state index is -3.51. The van der Waals surface area contributed by atoms with Crippen molar-refractivity contribution < 1.29 is 8.42 Å². The molecular weight excluding hydrogens is 487 g/mol. The maximum Gasteiger partial charge on any atom is 0.243 e. The fourth-order valence-electron chi connectivity index (χ4n) is 3.47. The first-order valence-corrected chi connectivity index (χ1v) is 13.3. The Morgan fingerprint density at radius 1 is 1.06 bits per heavy atom. The topological polar surface area (TPSA) is 74.7 Å². The third-order valence-electron chi connectivity index (χ3n) is 5.16. The van der Waals surface area contributed by atoms with Crippen LogP contribution < -0.4 is 5.43 Å². The van der Waals surface area contributed by atoms with E-state index in [1.54, 1.807) is 46.9 Å². The molecule has 1 fully saturated rings. The van der Waals surface area contributed by atoms with E-state index in [0.717, 1.165) is 36.8 Å². The van der Waals surface area contributed by atoms with Crippen LogP contribution in [0.4, 0.5) is 5.13 Å². The summed E-state index contributed by atoms with van der Waals surface area (Å²) in [6, 6.07) is 12.1. The van der Waals surface area contributed by atoms with E-state index in [2.05, 4.69) is 15.5 Å². The average Bonchev–Trinajstić information content (AvgIpc) is 3.07. The second-order valence-corrected chi connectivity index (χ2v) is 11.1. The van der Waals surface area contributed by atoms with Crippen molar-refractivity contribution in [3.8, 4) is 11.3 Å². The van der Waals surface area contributed by atoms with Crippen LogP contribution in [-0.2, 0) is 10.0 Å². The molecule has 1 saturated heterocycles. The molecule has 1 aliphatic heterocycles. The summed E-state index contributed by atoms with van der Waals surface area (Å²) < 4.78 is 27.8. The number of rotatable bonds is 6. The van der Waals surface area contributed by atoms with Crippen LogP contribution in [0.5, 0.6) is 0 Å². The molecule has 3 aromatic rings. The highest BCUT2D eigenvalue weighted by Gasteiger charge is 2.25. The normalized spacial score (nSPS) is 15.7. The fourth-order valence-corrected chi connectivity index (χ4v) is 6.16.